The van der Waals surface area contributed by atoms with Crippen LogP contribution in [0.2, 0.25) is 10.0 Å². The lowest BCUT2D eigenvalue weighted by atomic mass is 10.0. The maximum atomic E-state index is 8.78. The first-order valence-electron chi connectivity index (χ1n) is 7.92. The monoisotopic (exact) mass is 360 g/mol. The van der Waals surface area contributed by atoms with Crippen LogP contribution in [-0.2, 0) is 6.54 Å². The van der Waals surface area contributed by atoms with Gasteiger partial charge in [-0.05, 0) is 48.7 Å². The minimum Gasteiger partial charge on any atom is -0.381 e. The maximum absolute atomic E-state index is 8.78. The second-order valence-electron chi connectivity index (χ2n) is 6.02. The molecule has 0 saturated carbocycles. The molecule has 1 N–H and O–H groups in total. The van der Waals surface area contributed by atoms with Gasteiger partial charge >= 0.3 is 0 Å². The lowest BCUT2D eigenvalue weighted by Crippen LogP contribution is -2.38. The Morgan fingerprint density at radius 1 is 1.17 bits per heavy atom. The zero-order valence-corrected chi connectivity index (χ0v) is 14.7. The molecule has 0 bridgehead atoms. The van der Waals surface area contributed by atoms with E-state index >= 15 is 0 Å². The summed E-state index contributed by atoms with van der Waals surface area (Å²) < 4.78 is 0. The number of hydrogen-bond donors (Lipinski definition) is 1. The second-order valence-corrected chi connectivity index (χ2v) is 6.89. The van der Waals surface area contributed by atoms with Crippen LogP contribution in [0.5, 0.6) is 0 Å². The number of rotatable bonds is 4. The number of aromatic nitrogens is 1. The number of likely N-dealkylation sites (tertiary alicyclic amines) is 1. The van der Waals surface area contributed by atoms with E-state index in [2.05, 4.69) is 15.2 Å². The molecule has 1 saturated heterocycles. The summed E-state index contributed by atoms with van der Waals surface area (Å²) in [6.07, 6.45) is 3.85. The van der Waals surface area contributed by atoms with Crippen molar-refractivity contribution in [3.63, 3.8) is 0 Å². The van der Waals surface area contributed by atoms with Gasteiger partial charge in [-0.15, -0.1) is 0 Å². The Labute approximate surface area is 152 Å². The van der Waals surface area contributed by atoms with E-state index in [0.29, 0.717) is 21.8 Å². The van der Waals surface area contributed by atoms with Crippen LogP contribution in [0, 0.1) is 11.3 Å². The van der Waals surface area contributed by atoms with Gasteiger partial charge in [0.1, 0.15) is 11.8 Å². The van der Waals surface area contributed by atoms with Gasteiger partial charge in [0.15, 0.2) is 0 Å². The summed E-state index contributed by atoms with van der Waals surface area (Å²) in [5.74, 6) is 0. The number of nitriles is 1. The third-order valence-electron chi connectivity index (χ3n) is 4.16. The van der Waals surface area contributed by atoms with Crippen LogP contribution >= 0.6 is 23.2 Å². The highest BCUT2D eigenvalue weighted by Gasteiger charge is 2.19. The Balaban J connectivity index is 1.51. The third-order valence-corrected chi connectivity index (χ3v) is 4.60. The standard InChI is InChI=1S/C18H18Cl2N4/c19-14-7-13(8-15(20)9-14)12-24-5-3-16(4-6-24)23-18-2-1-17(10-21)22-11-18/h1-2,7-9,11,16,23H,3-6,12H2. The fourth-order valence-corrected chi connectivity index (χ4v) is 3.55. The van der Waals surface area contributed by atoms with Gasteiger partial charge in [-0.2, -0.15) is 5.26 Å². The number of hydrogen-bond acceptors (Lipinski definition) is 4. The predicted molar refractivity (Wildman–Crippen MR) is 97.3 cm³/mol. The van der Waals surface area contributed by atoms with Gasteiger partial charge in [-0.25, -0.2) is 4.98 Å². The molecule has 6 heteroatoms. The highest BCUT2D eigenvalue weighted by molar-refractivity contribution is 6.34. The highest BCUT2D eigenvalue weighted by Crippen LogP contribution is 2.22. The van der Waals surface area contributed by atoms with Crippen LogP contribution < -0.4 is 5.32 Å². The molecule has 2 aromatic rings. The molecule has 1 aromatic carbocycles. The average molecular weight is 361 g/mol. The number of nitrogens with zero attached hydrogens (tertiary/aromatic N) is 3. The van der Waals surface area contributed by atoms with E-state index < -0.39 is 0 Å². The average Bonchev–Trinajstić information content (AvgIpc) is 2.56. The number of nitrogens with one attached hydrogen (secondary N) is 1. The van der Waals surface area contributed by atoms with Gasteiger partial charge in [-0.3, -0.25) is 4.90 Å². The summed E-state index contributed by atoms with van der Waals surface area (Å²) >= 11 is 12.1. The van der Waals surface area contributed by atoms with E-state index in [0.717, 1.165) is 43.7 Å². The molecule has 1 fully saturated rings. The van der Waals surface area contributed by atoms with Gasteiger partial charge in [-0.1, -0.05) is 23.2 Å². The van der Waals surface area contributed by atoms with Crippen molar-refractivity contribution in [2.45, 2.75) is 25.4 Å². The van der Waals surface area contributed by atoms with E-state index in [1.54, 1.807) is 18.3 Å². The van der Waals surface area contributed by atoms with Gasteiger partial charge < -0.3 is 5.32 Å². The minimum atomic E-state index is 0.430. The van der Waals surface area contributed by atoms with Gasteiger partial charge in [0.2, 0.25) is 0 Å². The molecule has 4 nitrogen and oxygen atoms in total. The molecule has 1 aromatic heterocycles. The first kappa shape index (κ1) is 17.0. The van der Waals surface area contributed by atoms with Crippen molar-refractivity contribution in [2.75, 3.05) is 18.4 Å². The molecule has 0 atom stereocenters. The molecule has 0 amide bonds. The molecule has 0 aliphatic carbocycles. The van der Waals surface area contributed by atoms with Crippen molar-refractivity contribution in [1.82, 2.24) is 9.88 Å². The molecule has 1 aliphatic heterocycles. The molecule has 1 aliphatic rings. The molecular weight excluding hydrogens is 343 g/mol. The normalized spacial score (nSPS) is 15.9. The zero-order chi connectivity index (χ0) is 16.9. The van der Waals surface area contributed by atoms with E-state index in [1.807, 2.05) is 24.3 Å². The highest BCUT2D eigenvalue weighted by atomic mass is 35.5. The molecular formula is C18H18Cl2N4. The van der Waals surface area contributed by atoms with Crippen LogP contribution in [0.3, 0.4) is 0 Å². The van der Waals surface area contributed by atoms with Crippen molar-refractivity contribution in [3.8, 4) is 6.07 Å². The lowest BCUT2D eigenvalue weighted by molar-refractivity contribution is 0.211. The predicted octanol–water partition coefficient (Wildman–Crippen LogP) is 4.34. The molecule has 0 unspecified atom stereocenters. The Kier molecular flexibility index (Phi) is 5.57. The Bertz CT molecular complexity index is 711. The smallest absolute Gasteiger partial charge is 0.140 e. The Hall–Kier alpha value is -1.80. The van der Waals surface area contributed by atoms with E-state index in [4.69, 9.17) is 28.5 Å². The van der Waals surface area contributed by atoms with Crippen LogP contribution in [0.1, 0.15) is 24.1 Å². The van der Waals surface area contributed by atoms with Crippen LogP contribution in [0.15, 0.2) is 36.5 Å². The van der Waals surface area contributed by atoms with Crippen LogP contribution in [-0.4, -0.2) is 29.0 Å². The molecule has 2 heterocycles. The second kappa shape index (κ2) is 7.85. The Morgan fingerprint density at radius 2 is 1.88 bits per heavy atom. The van der Waals surface area contributed by atoms with E-state index in [1.165, 1.54) is 0 Å². The molecule has 24 heavy (non-hydrogen) atoms. The van der Waals surface area contributed by atoms with Crippen molar-refractivity contribution >= 4 is 28.9 Å². The van der Waals surface area contributed by atoms with Gasteiger partial charge in [0.25, 0.3) is 0 Å². The van der Waals surface area contributed by atoms with Gasteiger partial charge in [0.05, 0.1) is 11.9 Å². The number of pyridine rings is 1. The van der Waals surface area contributed by atoms with Crippen molar-refractivity contribution in [3.05, 3.63) is 57.8 Å². The summed E-state index contributed by atoms with van der Waals surface area (Å²) in [6.45, 7) is 2.91. The minimum absolute atomic E-state index is 0.430. The third kappa shape index (κ3) is 4.61. The van der Waals surface area contributed by atoms with Crippen molar-refractivity contribution < 1.29 is 0 Å². The SMILES string of the molecule is N#Cc1ccc(NC2CCN(Cc3cc(Cl)cc(Cl)c3)CC2)cn1. The maximum Gasteiger partial charge on any atom is 0.140 e. The molecule has 0 radical (unpaired) electrons. The van der Waals surface area contributed by atoms with Crippen LogP contribution in [0.4, 0.5) is 5.69 Å². The fourth-order valence-electron chi connectivity index (χ4n) is 2.98. The quantitative estimate of drug-likeness (QED) is 0.880. The fraction of sp³-hybridized carbons (Fsp3) is 0.333. The van der Waals surface area contributed by atoms with E-state index in [9.17, 15) is 0 Å². The molecule has 124 valence electrons. The first-order valence-corrected chi connectivity index (χ1v) is 8.68. The zero-order valence-electron chi connectivity index (χ0n) is 13.2. The molecule has 0 spiro atoms. The van der Waals surface area contributed by atoms with Crippen molar-refractivity contribution in [2.24, 2.45) is 0 Å². The Morgan fingerprint density at radius 3 is 2.46 bits per heavy atom. The summed E-state index contributed by atoms with van der Waals surface area (Å²) in [5.41, 5.74) is 2.56. The van der Waals surface area contributed by atoms with Gasteiger partial charge in [0, 0.05) is 35.7 Å². The number of halogens is 2. The number of anilines is 1. The summed E-state index contributed by atoms with van der Waals surface area (Å²) in [5, 5.41) is 13.6. The molecule has 3 rings (SSSR count). The summed E-state index contributed by atoms with van der Waals surface area (Å²) in [7, 11) is 0. The lowest BCUT2D eigenvalue weighted by Gasteiger charge is -2.32. The van der Waals surface area contributed by atoms with Crippen molar-refractivity contribution in [1.29, 1.82) is 5.26 Å². The number of benzene rings is 1. The number of piperidine rings is 1. The van der Waals surface area contributed by atoms with E-state index in [-0.39, 0.29) is 0 Å². The largest absolute Gasteiger partial charge is 0.381 e. The van der Waals surface area contributed by atoms with Crippen LogP contribution in [0.25, 0.3) is 0 Å². The topological polar surface area (TPSA) is 52.0 Å². The summed E-state index contributed by atoms with van der Waals surface area (Å²) in [6, 6.07) is 11.8. The first-order chi connectivity index (χ1) is 11.6. The summed E-state index contributed by atoms with van der Waals surface area (Å²) in [4.78, 5) is 6.50.